The van der Waals surface area contributed by atoms with Crippen LogP contribution in [-0.4, -0.2) is 36.2 Å². The van der Waals surface area contributed by atoms with Crippen LogP contribution in [0, 0.1) is 0 Å². The van der Waals surface area contributed by atoms with Crippen molar-refractivity contribution in [2.45, 2.75) is 19.6 Å². The highest BCUT2D eigenvalue weighted by molar-refractivity contribution is 5.93. The van der Waals surface area contributed by atoms with Crippen molar-refractivity contribution in [3.63, 3.8) is 0 Å². The Balaban J connectivity index is 1.29. The summed E-state index contributed by atoms with van der Waals surface area (Å²) in [6, 6.07) is 9.40. The largest absolute Gasteiger partial charge is 0.363 e. The number of fused-ring (bicyclic) bond motifs is 1. The van der Waals surface area contributed by atoms with Crippen molar-refractivity contribution in [3.8, 4) is 11.5 Å². The van der Waals surface area contributed by atoms with E-state index in [1.165, 1.54) is 18.7 Å². The molecular weight excluding hydrogens is 431 g/mol. The summed E-state index contributed by atoms with van der Waals surface area (Å²) in [5, 5.41) is 13.5. The maximum absolute atomic E-state index is 12.9. The fourth-order valence-corrected chi connectivity index (χ4v) is 3.17. The lowest BCUT2D eigenvalue weighted by Gasteiger charge is -2.10. The zero-order chi connectivity index (χ0) is 22.8. The molecule has 0 aliphatic carbocycles. The van der Waals surface area contributed by atoms with Crippen LogP contribution in [0.15, 0.2) is 58.0 Å². The van der Waals surface area contributed by atoms with Crippen LogP contribution in [0.4, 0.5) is 16.0 Å². The number of aromatic nitrogens is 6. The minimum absolute atomic E-state index is 0.156. The van der Waals surface area contributed by atoms with Crippen molar-refractivity contribution in [1.82, 2.24) is 35.6 Å². The van der Waals surface area contributed by atoms with Gasteiger partial charge in [-0.15, -0.1) is 0 Å². The van der Waals surface area contributed by atoms with Gasteiger partial charge >= 0.3 is 0 Å². The average molecular weight is 448 g/mol. The monoisotopic (exact) mass is 448 g/mol. The van der Waals surface area contributed by atoms with Crippen LogP contribution in [0.25, 0.3) is 22.6 Å². The summed E-state index contributed by atoms with van der Waals surface area (Å²) in [4.78, 5) is 28.3. The number of benzene rings is 1. The Morgan fingerprint density at radius 2 is 2.06 bits per heavy atom. The third-order valence-corrected chi connectivity index (χ3v) is 4.84. The maximum atomic E-state index is 12.9. The van der Waals surface area contributed by atoms with Gasteiger partial charge in [-0.1, -0.05) is 16.4 Å². The minimum Gasteiger partial charge on any atom is -0.363 e. The van der Waals surface area contributed by atoms with Gasteiger partial charge in [0, 0.05) is 18.2 Å². The van der Waals surface area contributed by atoms with Gasteiger partial charge in [0.15, 0.2) is 17.4 Å². The van der Waals surface area contributed by atoms with E-state index in [1.54, 1.807) is 37.3 Å². The molecule has 1 amide bonds. The molecule has 0 saturated heterocycles. The topological polar surface area (TPSA) is 148 Å². The van der Waals surface area contributed by atoms with Crippen molar-refractivity contribution < 1.29 is 18.2 Å². The second kappa shape index (κ2) is 8.49. The molecule has 5 aromatic rings. The quantitative estimate of drug-likeness (QED) is 0.339. The molecule has 0 saturated carbocycles. The van der Waals surface area contributed by atoms with Crippen molar-refractivity contribution in [3.05, 3.63) is 66.0 Å². The fourth-order valence-electron chi connectivity index (χ4n) is 3.17. The highest BCUT2D eigenvalue weighted by Gasteiger charge is 2.19. The molecule has 1 aromatic carbocycles. The van der Waals surface area contributed by atoms with Crippen LogP contribution in [0.5, 0.6) is 0 Å². The van der Waals surface area contributed by atoms with Crippen LogP contribution in [-0.2, 0) is 6.67 Å². The first-order valence-corrected chi connectivity index (χ1v) is 9.91. The Morgan fingerprint density at radius 3 is 2.88 bits per heavy atom. The molecule has 0 spiro atoms. The second-order valence-corrected chi connectivity index (χ2v) is 7.18. The Bertz CT molecular complexity index is 1410. The van der Waals surface area contributed by atoms with E-state index in [2.05, 4.69) is 40.9 Å². The van der Waals surface area contributed by atoms with E-state index < -0.39 is 18.6 Å². The number of nitrogens with zero attached hydrogens (tertiary/aromatic N) is 5. The molecule has 0 bridgehead atoms. The summed E-state index contributed by atoms with van der Waals surface area (Å²) in [7, 11) is 0. The van der Waals surface area contributed by atoms with Crippen LogP contribution in [0.3, 0.4) is 0 Å². The highest BCUT2D eigenvalue weighted by atomic mass is 19.1. The van der Waals surface area contributed by atoms with Gasteiger partial charge in [-0.25, -0.2) is 19.3 Å². The van der Waals surface area contributed by atoms with Gasteiger partial charge in [0.05, 0.1) is 17.1 Å². The summed E-state index contributed by atoms with van der Waals surface area (Å²) >= 11 is 0. The normalized spacial score (nSPS) is 12.1. The number of carbonyl (C=O) groups is 1. The van der Waals surface area contributed by atoms with Gasteiger partial charge in [-0.2, -0.15) is 0 Å². The lowest BCUT2D eigenvalue weighted by atomic mass is 10.2. The first-order chi connectivity index (χ1) is 16.1. The number of alkyl halides is 1. The lowest BCUT2D eigenvalue weighted by molar-refractivity contribution is 0.0928. The number of rotatable bonds is 7. The van der Waals surface area contributed by atoms with E-state index in [1.807, 2.05) is 0 Å². The Hall–Kier alpha value is -4.61. The third-order valence-electron chi connectivity index (χ3n) is 4.84. The molecule has 5 rings (SSSR count). The number of hydrogen-bond donors (Lipinski definition) is 3. The predicted molar refractivity (Wildman–Crippen MR) is 114 cm³/mol. The zero-order valence-corrected chi connectivity index (χ0v) is 17.2. The van der Waals surface area contributed by atoms with E-state index >= 15 is 0 Å². The summed E-state index contributed by atoms with van der Waals surface area (Å²) in [6.07, 6.45) is 2.68. The smallest absolute Gasteiger partial charge is 0.270 e. The Morgan fingerprint density at radius 1 is 1.15 bits per heavy atom. The lowest BCUT2D eigenvalue weighted by Crippen LogP contribution is -2.27. The number of carbonyl (C=O) groups excluding carboxylic acids is 1. The van der Waals surface area contributed by atoms with Crippen LogP contribution < -0.4 is 10.6 Å². The molecule has 1 atom stereocenters. The molecule has 4 heterocycles. The van der Waals surface area contributed by atoms with Crippen molar-refractivity contribution >= 4 is 28.6 Å². The maximum Gasteiger partial charge on any atom is 0.270 e. The van der Waals surface area contributed by atoms with E-state index in [4.69, 9.17) is 9.05 Å². The second-order valence-electron chi connectivity index (χ2n) is 7.18. The summed E-state index contributed by atoms with van der Waals surface area (Å²) < 4.78 is 23.1. The van der Waals surface area contributed by atoms with Crippen LogP contribution in [0.1, 0.15) is 34.8 Å². The number of amides is 1. The fraction of sp³-hybridized carbons (Fsp3) is 0.143. The van der Waals surface area contributed by atoms with Gasteiger partial charge in [-0.3, -0.25) is 4.79 Å². The van der Waals surface area contributed by atoms with Gasteiger partial charge in [0.25, 0.3) is 5.91 Å². The molecule has 4 aromatic heterocycles. The minimum atomic E-state index is -0.556. The van der Waals surface area contributed by atoms with Gasteiger partial charge in [0.1, 0.15) is 36.5 Å². The summed E-state index contributed by atoms with van der Waals surface area (Å²) in [5.41, 5.74) is 2.56. The SMILES string of the molecule is C[C@H](NC(=O)c1cc(Nc2ccon2)ncn1)c1cc(-c2nc3ccc(CF)cc3[nH]2)no1. The van der Waals surface area contributed by atoms with Crippen molar-refractivity contribution in [2.24, 2.45) is 0 Å². The molecule has 0 aliphatic heterocycles. The molecule has 33 heavy (non-hydrogen) atoms. The van der Waals surface area contributed by atoms with E-state index in [0.717, 1.165) is 0 Å². The Kier molecular flexibility index (Phi) is 5.23. The van der Waals surface area contributed by atoms with Gasteiger partial charge in [0.2, 0.25) is 0 Å². The molecule has 166 valence electrons. The number of halogens is 1. The standard InChI is InChI=1S/C21H17FN8O3/c1-11(25-21(31)16-8-19(24-10-23-16)28-18-4-5-32-30-18)17-7-15(29-33-17)20-26-13-3-2-12(9-22)6-14(13)27-20/h2-8,10-11H,9H2,1H3,(H,25,31)(H,26,27)(H,23,24,28,30)/t11-/m0/s1. The molecule has 11 nitrogen and oxygen atoms in total. The van der Waals surface area contributed by atoms with E-state index in [0.29, 0.717) is 45.5 Å². The predicted octanol–water partition coefficient (Wildman–Crippen LogP) is 3.70. The first-order valence-electron chi connectivity index (χ1n) is 9.91. The zero-order valence-electron chi connectivity index (χ0n) is 17.2. The number of H-pyrrole nitrogens is 1. The van der Waals surface area contributed by atoms with Crippen LogP contribution >= 0.6 is 0 Å². The third kappa shape index (κ3) is 4.26. The van der Waals surface area contributed by atoms with Crippen molar-refractivity contribution in [2.75, 3.05) is 5.32 Å². The molecular formula is C21H17FN8O3. The molecule has 12 heteroatoms. The molecule has 0 unspecified atom stereocenters. The number of nitrogens with one attached hydrogen (secondary N) is 3. The van der Waals surface area contributed by atoms with E-state index in [9.17, 15) is 9.18 Å². The molecule has 0 fully saturated rings. The number of hydrogen-bond acceptors (Lipinski definition) is 9. The van der Waals surface area contributed by atoms with Gasteiger partial charge < -0.3 is 24.7 Å². The van der Waals surface area contributed by atoms with Crippen molar-refractivity contribution in [1.29, 1.82) is 0 Å². The average Bonchev–Trinajstić information content (AvgIpc) is 3.58. The molecule has 0 radical (unpaired) electrons. The summed E-state index contributed by atoms with van der Waals surface area (Å²) in [5.74, 6) is 1.33. The molecule has 3 N–H and O–H groups in total. The van der Waals surface area contributed by atoms with Gasteiger partial charge in [-0.05, 0) is 24.6 Å². The number of anilines is 2. The molecule has 0 aliphatic rings. The van der Waals surface area contributed by atoms with Crippen LogP contribution in [0.2, 0.25) is 0 Å². The van der Waals surface area contributed by atoms with E-state index in [-0.39, 0.29) is 5.69 Å². The Labute approximate surface area is 185 Å². The number of imidazole rings is 1. The first kappa shape index (κ1) is 20.3. The number of aromatic amines is 1. The summed E-state index contributed by atoms with van der Waals surface area (Å²) in [6.45, 7) is 1.20. The highest BCUT2D eigenvalue weighted by Crippen LogP contribution is 2.24.